The van der Waals surface area contributed by atoms with Crippen molar-refractivity contribution in [2.24, 2.45) is 0 Å². The Kier molecular flexibility index (Phi) is 4.81. The number of ether oxygens (including phenoxy) is 2. The van der Waals surface area contributed by atoms with Crippen LogP contribution in [0.4, 0.5) is 11.4 Å². The van der Waals surface area contributed by atoms with Gasteiger partial charge in [-0.25, -0.2) is 10.9 Å². The molecule has 8 nitrogen and oxygen atoms in total. The van der Waals surface area contributed by atoms with Crippen molar-refractivity contribution >= 4 is 28.9 Å². The normalized spacial score (nSPS) is 21.3. The highest BCUT2D eigenvalue weighted by Gasteiger charge is 2.33. The van der Waals surface area contributed by atoms with Crippen LogP contribution in [0.2, 0.25) is 5.02 Å². The first-order valence-electron chi connectivity index (χ1n) is 8.18. The number of carbonyl (C=O) groups excluding carboxylic acids is 1. The molecule has 0 saturated carbocycles. The third-order valence-corrected chi connectivity index (χ3v) is 4.40. The number of anilines is 2. The topological polar surface area (TPSA) is 95.7 Å². The van der Waals surface area contributed by atoms with Gasteiger partial charge in [-0.3, -0.25) is 4.79 Å². The van der Waals surface area contributed by atoms with Crippen LogP contribution in [-0.2, 0) is 4.79 Å². The van der Waals surface area contributed by atoms with Gasteiger partial charge in [0.1, 0.15) is 25.4 Å². The van der Waals surface area contributed by atoms with Crippen molar-refractivity contribution < 1.29 is 14.3 Å². The summed E-state index contributed by atoms with van der Waals surface area (Å²) in [5.41, 5.74) is 9.98. The highest BCUT2D eigenvalue weighted by molar-refractivity contribution is 6.33. The molecule has 2 heterocycles. The zero-order valence-corrected chi connectivity index (χ0v) is 14.5. The van der Waals surface area contributed by atoms with Crippen molar-refractivity contribution in [2.75, 3.05) is 23.8 Å². The Morgan fingerprint density at radius 3 is 2.73 bits per heavy atom. The molecule has 1 saturated heterocycles. The summed E-state index contributed by atoms with van der Waals surface area (Å²) in [6, 6.07) is 12.1. The molecule has 0 aromatic heterocycles. The van der Waals surface area contributed by atoms with E-state index in [1.165, 1.54) is 0 Å². The molecule has 4 rings (SSSR count). The van der Waals surface area contributed by atoms with Crippen LogP contribution in [0.25, 0.3) is 0 Å². The van der Waals surface area contributed by atoms with Gasteiger partial charge < -0.3 is 20.1 Å². The lowest BCUT2D eigenvalue weighted by molar-refractivity contribution is -0.118. The summed E-state index contributed by atoms with van der Waals surface area (Å²) < 4.78 is 11.0. The summed E-state index contributed by atoms with van der Waals surface area (Å²) in [6.07, 6.45) is -0.396. The summed E-state index contributed by atoms with van der Waals surface area (Å²) in [7, 11) is 0. The maximum atomic E-state index is 12.7. The van der Waals surface area contributed by atoms with Crippen molar-refractivity contribution in [3.63, 3.8) is 0 Å². The Labute approximate surface area is 155 Å². The minimum Gasteiger partial charge on any atom is -0.486 e. The molecule has 0 bridgehead atoms. The van der Waals surface area contributed by atoms with Crippen molar-refractivity contribution in [1.82, 2.24) is 16.4 Å². The molecule has 26 heavy (non-hydrogen) atoms. The molecule has 2 atom stereocenters. The van der Waals surface area contributed by atoms with E-state index in [-0.39, 0.29) is 5.91 Å². The smallest absolute Gasteiger partial charge is 0.246 e. The average molecular weight is 376 g/mol. The Morgan fingerprint density at radius 1 is 1.08 bits per heavy atom. The predicted molar refractivity (Wildman–Crippen MR) is 98.1 cm³/mol. The van der Waals surface area contributed by atoms with Gasteiger partial charge in [0.15, 0.2) is 11.5 Å². The molecular weight excluding hydrogens is 358 g/mol. The molecule has 0 aliphatic carbocycles. The second-order valence-corrected chi connectivity index (χ2v) is 6.25. The van der Waals surface area contributed by atoms with E-state index >= 15 is 0 Å². The van der Waals surface area contributed by atoms with Crippen molar-refractivity contribution in [3.8, 4) is 11.5 Å². The monoisotopic (exact) mass is 375 g/mol. The number of halogens is 1. The molecular formula is C17H18ClN5O3. The first-order valence-corrected chi connectivity index (χ1v) is 8.56. The second kappa shape index (κ2) is 7.38. The SMILES string of the molecule is O=C(Nc1ccc2c(c1)OCCO2)C1NNNC1Nc1ccccc1Cl. The summed E-state index contributed by atoms with van der Waals surface area (Å²) >= 11 is 6.17. The third kappa shape index (κ3) is 3.54. The van der Waals surface area contributed by atoms with Gasteiger partial charge in [-0.15, -0.1) is 0 Å². The average Bonchev–Trinajstić information content (AvgIpc) is 3.12. The van der Waals surface area contributed by atoms with E-state index in [4.69, 9.17) is 21.1 Å². The van der Waals surface area contributed by atoms with E-state index < -0.39 is 12.2 Å². The van der Waals surface area contributed by atoms with E-state index in [9.17, 15) is 4.79 Å². The first kappa shape index (κ1) is 16.9. The molecule has 0 spiro atoms. The standard InChI is InChI=1S/C17H18ClN5O3/c18-11-3-1-2-4-12(11)20-16-15(21-23-22-16)17(24)19-10-5-6-13-14(9-10)26-8-7-25-13/h1-6,9,15-16,20-23H,7-8H2,(H,19,24). The van der Waals surface area contributed by atoms with Gasteiger partial charge in [-0.05, 0) is 24.3 Å². The van der Waals surface area contributed by atoms with Crippen LogP contribution in [0.15, 0.2) is 42.5 Å². The number of hydrogen-bond acceptors (Lipinski definition) is 7. The number of hydrazine groups is 2. The maximum absolute atomic E-state index is 12.7. The van der Waals surface area contributed by atoms with Gasteiger partial charge >= 0.3 is 0 Å². The lowest BCUT2D eigenvalue weighted by atomic mass is 10.2. The fraction of sp³-hybridized carbons (Fsp3) is 0.235. The molecule has 2 unspecified atom stereocenters. The summed E-state index contributed by atoms with van der Waals surface area (Å²) in [5.74, 6) is 1.08. The van der Waals surface area contributed by atoms with Gasteiger partial charge in [0.2, 0.25) is 5.91 Å². The molecule has 1 fully saturated rings. The van der Waals surface area contributed by atoms with E-state index in [1.54, 1.807) is 24.3 Å². The van der Waals surface area contributed by atoms with Crippen LogP contribution in [0, 0.1) is 0 Å². The van der Waals surface area contributed by atoms with E-state index in [0.29, 0.717) is 35.4 Å². The van der Waals surface area contributed by atoms with Crippen molar-refractivity contribution in [1.29, 1.82) is 0 Å². The van der Waals surface area contributed by atoms with E-state index in [2.05, 4.69) is 27.0 Å². The third-order valence-electron chi connectivity index (χ3n) is 4.07. The fourth-order valence-corrected chi connectivity index (χ4v) is 2.98. The fourth-order valence-electron chi connectivity index (χ4n) is 2.79. The Hall–Kier alpha value is -2.52. The molecule has 136 valence electrons. The predicted octanol–water partition coefficient (Wildman–Crippen LogP) is 1.47. The van der Waals surface area contributed by atoms with Crippen LogP contribution in [-0.4, -0.2) is 31.3 Å². The van der Waals surface area contributed by atoms with E-state index in [0.717, 1.165) is 5.69 Å². The minimum atomic E-state index is -0.570. The number of rotatable bonds is 4. The van der Waals surface area contributed by atoms with Gasteiger partial charge in [-0.2, -0.15) is 5.53 Å². The number of carbonyl (C=O) groups is 1. The number of benzene rings is 2. The first-order chi connectivity index (χ1) is 12.7. The zero-order chi connectivity index (χ0) is 17.9. The van der Waals surface area contributed by atoms with Crippen LogP contribution < -0.4 is 36.5 Å². The van der Waals surface area contributed by atoms with Gasteiger partial charge in [0.05, 0.1) is 10.7 Å². The quantitative estimate of drug-likeness (QED) is 0.552. The van der Waals surface area contributed by atoms with Crippen molar-refractivity contribution in [2.45, 2.75) is 12.2 Å². The van der Waals surface area contributed by atoms with Crippen LogP contribution in [0.5, 0.6) is 11.5 Å². The van der Waals surface area contributed by atoms with Crippen LogP contribution in [0.1, 0.15) is 0 Å². The number of para-hydroxylation sites is 1. The summed E-state index contributed by atoms with van der Waals surface area (Å²) in [6.45, 7) is 1.02. The van der Waals surface area contributed by atoms with Gasteiger partial charge in [-0.1, -0.05) is 23.7 Å². The summed E-state index contributed by atoms with van der Waals surface area (Å²) in [5, 5.41) is 6.65. The maximum Gasteiger partial charge on any atom is 0.246 e. The highest BCUT2D eigenvalue weighted by atomic mass is 35.5. The molecule has 0 radical (unpaired) electrons. The van der Waals surface area contributed by atoms with Crippen LogP contribution in [0.3, 0.4) is 0 Å². The largest absolute Gasteiger partial charge is 0.486 e. The molecule has 2 aromatic rings. The molecule has 9 heteroatoms. The number of amides is 1. The highest BCUT2D eigenvalue weighted by Crippen LogP contribution is 2.32. The number of nitrogens with one attached hydrogen (secondary N) is 5. The molecule has 2 aliphatic heterocycles. The lowest BCUT2D eigenvalue weighted by Gasteiger charge is -2.22. The summed E-state index contributed by atoms with van der Waals surface area (Å²) in [4.78, 5) is 12.7. The Morgan fingerprint density at radius 2 is 1.88 bits per heavy atom. The Bertz CT molecular complexity index is 819. The Balaban J connectivity index is 1.44. The number of fused-ring (bicyclic) bond motifs is 1. The molecule has 5 N–H and O–H groups in total. The molecule has 2 aromatic carbocycles. The number of hydrogen-bond donors (Lipinski definition) is 5. The van der Waals surface area contributed by atoms with E-state index in [1.807, 2.05) is 18.2 Å². The second-order valence-electron chi connectivity index (χ2n) is 5.84. The lowest BCUT2D eigenvalue weighted by Crippen LogP contribution is -2.48. The molecule has 1 amide bonds. The van der Waals surface area contributed by atoms with Gasteiger partial charge in [0.25, 0.3) is 0 Å². The zero-order valence-electron chi connectivity index (χ0n) is 13.7. The van der Waals surface area contributed by atoms with Crippen molar-refractivity contribution in [3.05, 3.63) is 47.5 Å². The van der Waals surface area contributed by atoms with Gasteiger partial charge in [0, 0.05) is 11.8 Å². The molecule has 2 aliphatic rings. The van der Waals surface area contributed by atoms with Crippen LogP contribution >= 0.6 is 11.6 Å². The minimum absolute atomic E-state index is 0.219.